The lowest BCUT2D eigenvalue weighted by molar-refractivity contribution is -0.122. The van der Waals surface area contributed by atoms with Crippen LogP contribution in [0.1, 0.15) is 12.0 Å². The zero-order valence-electron chi connectivity index (χ0n) is 13.3. The molecular weight excluding hydrogens is 318 g/mol. The molecule has 0 saturated carbocycles. The van der Waals surface area contributed by atoms with Crippen molar-refractivity contribution in [2.45, 2.75) is 22.0 Å². The van der Waals surface area contributed by atoms with Crippen LogP contribution in [0.25, 0.3) is 0 Å². The Hall–Kier alpha value is -2.33. The van der Waals surface area contributed by atoms with Crippen LogP contribution in [-0.4, -0.2) is 24.0 Å². The number of ketones is 1. The second-order valence-corrected chi connectivity index (χ2v) is 7.45. The molecule has 4 rings (SSSR count). The molecule has 0 saturated heterocycles. The van der Waals surface area contributed by atoms with Gasteiger partial charge >= 0.3 is 0 Å². The number of thioether (sulfide) groups is 1. The second kappa shape index (κ2) is 5.64. The van der Waals surface area contributed by atoms with Crippen molar-refractivity contribution in [3.8, 4) is 0 Å². The van der Waals surface area contributed by atoms with Gasteiger partial charge in [-0.1, -0.05) is 42.5 Å². The topological polar surface area (TPSA) is 37.4 Å². The van der Waals surface area contributed by atoms with E-state index in [0.717, 1.165) is 16.1 Å². The van der Waals surface area contributed by atoms with Crippen LogP contribution in [0, 0.1) is 0 Å². The zero-order valence-corrected chi connectivity index (χ0v) is 14.1. The monoisotopic (exact) mass is 335 g/mol. The quantitative estimate of drug-likeness (QED) is 0.842. The van der Waals surface area contributed by atoms with Gasteiger partial charge in [-0.05, 0) is 29.8 Å². The van der Waals surface area contributed by atoms with Crippen LogP contribution in [0.15, 0.2) is 71.6 Å². The standard InChI is InChI=1S/C20H17NO2S/c1-21-17-10-6-5-9-16(17)20(19(21)23)12-11-14(22)13-18(20)24-15-7-3-2-4-8-15/h2-12,18H,13H2,1H3/t18-,20+/m1/s1. The van der Waals surface area contributed by atoms with E-state index in [2.05, 4.69) is 0 Å². The molecule has 2 aliphatic rings. The fraction of sp³-hybridized carbons (Fsp3) is 0.200. The molecule has 1 aliphatic carbocycles. The van der Waals surface area contributed by atoms with E-state index in [9.17, 15) is 9.59 Å². The first-order valence-electron chi connectivity index (χ1n) is 7.94. The van der Waals surface area contributed by atoms with E-state index < -0.39 is 5.41 Å². The molecule has 120 valence electrons. The van der Waals surface area contributed by atoms with Crippen molar-refractivity contribution >= 4 is 29.1 Å². The first-order valence-corrected chi connectivity index (χ1v) is 8.82. The van der Waals surface area contributed by atoms with Gasteiger partial charge in [-0.25, -0.2) is 0 Å². The minimum absolute atomic E-state index is 0.0425. The van der Waals surface area contributed by atoms with Crippen LogP contribution in [0.5, 0.6) is 0 Å². The summed E-state index contributed by atoms with van der Waals surface area (Å²) in [7, 11) is 1.81. The Morgan fingerprint density at radius 1 is 1.04 bits per heavy atom. The Labute approximate surface area is 145 Å². The fourth-order valence-corrected chi connectivity index (χ4v) is 5.01. The molecule has 2 atom stereocenters. The summed E-state index contributed by atoms with van der Waals surface area (Å²) in [6.07, 6.45) is 3.77. The lowest BCUT2D eigenvalue weighted by Gasteiger charge is -2.35. The predicted molar refractivity (Wildman–Crippen MR) is 96.4 cm³/mol. The van der Waals surface area contributed by atoms with Gasteiger partial charge in [-0.3, -0.25) is 9.59 Å². The average Bonchev–Trinajstić information content (AvgIpc) is 2.82. The van der Waals surface area contributed by atoms with Crippen LogP contribution >= 0.6 is 11.8 Å². The number of hydrogen-bond acceptors (Lipinski definition) is 3. The van der Waals surface area contributed by atoms with Crippen molar-refractivity contribution in [3.05, 3.63) is 72.3 Å². The second-order valence-electron chi connectivity index (χ2n) is 6.17. The summed E-state index contributed by atoms with van der Waals surface area (Å²) in [6.45, 7) is 0. The molecule has 0 N–H and O–H groups in total. The molecule has 1 aliphatic heterocycles. The molecule has 24 heavy (non-hydrogen) atoms. The maximum Gasteiger partial charge on any atom is 0.242 e. The third-order valence-electron chi connectivity index (χ3n) is 4.82. The maximum absolute atomic E-state index is 13.2. The van der Waals surface area contributed by atoms with Crippen molar-refractivity contribution in [2.24, 2.45) is 0 Å². The lowest BCUT2D eigenvalue weighted by Crippen LogP contribution is -2.47. The molecule has 0 unspecified atom stereocenters. The molecule has 0 radical (unpaired) electrons. The Morgan fingerprint density at radius 3 is 2.54 bits per heavy atom. The molecule has 0 bridgehead atoms. The highest BCUT2D eigenvalue weighted by Gasteiger charge is 2.54. The van der Waals surface area contributed by atoms with E-state index in [0.29, 0.717) is 6.42 Å². The highest BCUT2D eigenvalue weighted by atomic mass is 32.2. The minimum Gasteiger partial charge on any atom is -0.314 e. The number of fused-ring (bicyclic) bond motifs is 2. The molecule has 1 spiro atoms. The van der Waals surface area contributed by atoms with Crippen molar-refractivity contribution < 1.29 is 9.59 Å². The number of carbonyl (C=O) groups excluding carboxylic acids is 2. The van der Waals surface area contributed by atoms with Gasteiger partial charge < -0.3 is 4.90 Å². The van der Waals surface area contributed by atoms with E-state index in [4.69, 9.17) is 0 Å². The zero-order chi connectivity index (χ0) is 16.7. The van der Waals surface area contributed by atoms with Gasteiger partial charge in [0.25, 0.3) is 0 Å². The molecule has 1 amide bonds. The summed E-state index contributed by atoms with van der Waals surface area (Å²) in [6, 6.07) is 17.9. The van der Waals surface area contributed by atoms with Crippen molar-refractivity contribution in [2.75, 3.05) is 11.9 Å². The van der Waals surface area contributed by atoms with Gasteiger partial charge in [0.05, 0.1) is 0 Å². The molecule has 2 aromatic rings. The Morgan fingerprint density at radius 2 is 1.75 bits per heavy atom. The van der Waals surface area contributed by atoms with E-state index in [1.54, 1.807) is 22.7 Å². The third kappa shape index (κ3) is 2.13. The summed E-state index contributed by atoms with van der Waals surface area (Å²) >= 11 is 1.61. The van der Waals surface area contributed by atoms with Gasteiger partial charge in [0, 0.05) is 29.3 Å². The number of rotatable bonds is 2. The summed E-state index contributed by atoms with van der Waals surface area (Å²) in [5.41, 5.74) is 1.16. The Balaban J connectivity index is 1.85. The number of hydrogen-bond donors (Lipinski definition) is 0. The first-order chi connectivity index (χ1) is 11.6. The first kappa shape index (κ1) is 15.2. The van der Waals surface area contributed by atoms with Crippen LogP contribution < -0.4 is 4.90 Å². The minimum atomic E-state index is -0.764. The highest BCUT2D eigenvalue weighted by molar-refractivity contribution is 8.00. The van der Waals surface area contributed by atoms with Crippen molar-refractivity contribution in [1.82, 2.24) is 0 Å². The van der Waals surface area contributed by atoms with E-state index >= 15 is 0 Å². The number of para-hydroxylation sites is 1. The number of nitrogens with zero attached hydrogens (tertiary/aromatic N) is 1. The molecule has 4 heteroatoms. The van der Waals surface area contributed by atoms with Gasteiger partial charge in [-0.2, -0.15) is 0 Å². The van der Waals surface area contributed by atoms with Gasteiger partial charge in [0.2, 0.25) is 5.91 Å². The summed E-state index contributed by atoms with van der Waals surface area (Å²) in [5.74, 6) is 0.120. The summed E-state index contributed by atoms with van der Waals surface area (Å²) in [4.78, 5) is 28.1. The smallest absolute Gasteiger partial charge is 0.242 e. The molecule has 3 nitrogen and oxygen atoms in total. The van der Waals surface area contributed by atoms with Crippen LogP contribution in [0.4, 0.5) is 5.69 Å². The SMILES string of the molecule is CN1C(=O)[C@@]2(C=CC(=O)C[C@H]2Sc2ccccc2)c2ccccc21. The molecule has 2 aromatic carbocycles. The summed E-state index contributed by atoms with van der Waals surface area (Å²) < 4.78 is 0. The average molecular weight is 335 g/mol. The van der Waals surface area contributed by atoms with Crippen LogP contribution in [0.2, 0.25) is 0 Å². The predicted octanol–water partition coefficient (Wildman–Crippen LogP) is 3.59. The van der Waals surface area contributed by atoms with Crippen LogP contribution in [-0.2, 0) is 15.0 Å². The maximum atomic E-state index is 13.2. The van der Waals surface area contributed by atoms with E-state index in [-0.39, 0.29) is 16.9 Å². The normalized spacial score (nSPS) is 25.4. The van der Waals surface area contributed by atoms with E-state index in [1.807, 2.05) is 67.7 Å². The number of allylic oxidation sites excluding steroid dienone is 1. The van der Waals surface area contributed by atoms with Gasteiger partial charge in [0.15, 0.2) is 5.78 Å². The van der Waals surface area contributed by atoms with Crippen molar-refractivity contribution in [1.29, 1.82) is 0 Å². The molecular formula is C20H17NO2S. The number of carbonyl (C=O) groups is 2. The number of benzene rings is 2. The van der Waals surface area contributed by atoms with Crippen LogP contribution in [0.3, 0.4) is 0 Å². The van der Waals surface area contributed by atoms with Crippen molar-refractivity contribution in [3.63, 3.8) is 0 Å². The van der Waals surface area contributed by atoms with Gasteiger partial charge in [0.1, 0.15) is 5.41 Å². The molecule has 0 aromatic heterocycles. The molecule has 1 heterocycles. The largest absolute Gasteiger partial charge is 0.314 e. The lowest BCUT2D eigenvalue weighted by atomic mass is 9.73. The Bertz CT molecular complexity index is 846. The highest BCUT2D eigenvalue weighted by Crippen LogP contribution is 2.51. The Kier molecular flexibility index (Phi) is 3.57. The number of likely N-dealkylation sites (N-methyl/N-ethyl adjacent to an activating group) is 1. The summed E-state index contributed by atoms with van der Waals surface area (Å²) in [5, 5.41) is -0.143. The number of anilines is 1. The van der Waals surface area contributed by atoms with Gasteiger partial charge in [-0.15, -0.1) is 11.8 Å². The number of amides is 1. The molecule has 0 fully saturated rings. The third-order valence-corrected chi connectivity index (χ3v) is 6.19. The fourth-order valence-electron chi connectivity index (χ4n) is 3.63. The van der Waals surface area contributed by atoms with E-state index in [1.165, 1.54) is 0 Å².